The molecule has 88 valence electrons. The quantitative estimate of drug-likeness (QED) is 0.324. The number of aromatic nitrogens is 1. The zero-order valence-corrected chi connectivity index (χ0v) is 8.96. The highest BCUT2D eigenvalue weighted by atomic mass is 16.5. The first kappa shape index (κ1) is 12.0. The van der Waals surface area contributed by atoms with Crippen molar-refractivity contribution < 1.29 is 14.5 Å². The summed E-state index contributed by atoms with van der Waals surface area (Å²) < 4.78 is 4.59. The van der Waals surface area contributed by atoms with E-state index in [2.05, 4.69) is 14.8 Å². The van der Waals surface area contributed by atoms with Crippen molar-refractivity contribution in [2.45, 2.75) is 13.3 Å². The van der Waals surface area contributed by atoms with Crippen LogP contribution in [0.2, 0.25) is 0 Å². The van der Waals surface area contributed by atoms with Gasteiger partial charge in [-0.15, -0.1) is 0 Å². The average Bonchev–Trinajstić information content (AvgIpc) is 2.82. The third-order valence-electron chi connectivity index (χ3n) is 2.09. The van der Waals surface area contributed by atoms with Gasteiger partial charge in [-0.2, -0.15) is 0 Å². The number of carbonyl (C=O) groups is 1. The molecule has 0 aliphatic rings. The van der Waals surface area contributed by atoms with Crippen LogP contribution in [0.15, 0.2) is 22.0 Å². The Morgan fingerprint density at radius 1 is 1.75 bits per heavy atom. The molecule has 0 radical (unpaired) electrons. The van der Waals surface area contributed by atoms with Gasteiger partial charge in [0.1, 0.15) is 12.1 Å². The van der Waals surface area contributed by atoms with Crippen molar-refractivity contribution in [2.24, 2.45) is 10.9 Å². The van der Waals surface area contributed by atoms with E-state index in [1.165, 1.54) is 17.2 Å². The second-order valence-electron chi connectivity index (χ2n) is 3.11. The molecule has 1 aromatic rings. The maximum Gasteiger partial charge on any atom is 0.276 e. The largest absolute Gasteiger partial charge is 0.409 e. The van der Waals surface area contributed by atoms with E-state index in [-0.39, 0.29) is 17.4 Å². The highest BCUT2D eigenvalue weighted by molar-refractivity contribution is 5.92. The molecule has 0 bridgehead atoms. The fourth-order valence-corrected chi connectivity index (χ4v) is 1.19. The first-order chi connectivity index (χ1) is 7.69. The molecule has 0 aliphatic heterocycles. The van der Waals surface area contributed by atoms with Gasteiger partial charge >= 0.3 is 0 Å². The Hall–Kier alpha value is -2.05. The fraction of sp³-hybridized carbons (Fsp3) is 0.444. The number of hydrogen-bond donors (Lipinski definition) is 2. The Morgan fingerprint density at radius 3 is 3.00 bits per heavy atom. The molecule has 0 atom stereocenters. The standard InChI is InChI=1S/C9H14N4O3/c1-2-13(5-3-8(10)11-15)9(14)7-4-6-16-12-7/h4,6,15H,2-3,5H2,1H3,(H2,10,11). The molecule has 0 unspecified atom stereocenters. The summed E-state index contributed by atoms with van der Waals surface area (Å²) in [6, 6.07) is 1.49. The number of oxime groups is 1. The van der Waals surface area contributed by atoms with E-state index in [1.807, 2.05) is 6.92 Å². The van der Waals surface area contributed by atoms with Crippen LogP contribution >= 0.6 is 0 Å². The van der Waals surface area contributed by atoms with Gasteiger partial charge in [0.05, 0.1) is 0 Å². The number of nitrogens with two attached hydrogens (primary N) is 1. The molecule has 16 heavy (non-hydrogen) atoms. The number of carbonyl (C=O) groups excluding carboxylic acids is 1. The van der Waals surface area contributed by atoms with Gasteiger partial charge in [-0.1, -0.05) is 10.3 Å². The lowest BCUT2D eigenvalue weighted by Crippen LogP contribution is -2.34. The normalized spacial score (nSPS) is 11.4. The van der Waals surface area contributed by atoms with E-state index in [9.17, 15) is 4.79 Å². The van der Waals surface area contributed by atoms with Crippen LogP contribution in [0.1, 0.15) is 23.8 Å². The minimum atomic E-state index is -0.234. The average molecular weight is 226 g/mol. The monoisotopic (exact) mass is 226 g/mol. The second-order valence-corrected chi connectivity index (χ2v) is 3.11. The highest BCUT2D eigenvalue weighted by Gasteiger charge is 2.16. The lowest BCUT2D eigenvalue weighted by molar-refractivity contribution is 0.0758. The van der Waals surface area contributed by atoms with E-state index < -0.39 is 0 Å². The summed E-state index contributed by atoms with van der Waals surface area (Å²) in [6.07, 6.45) is 1.65. The summed E-state index contributed by atoms with van der Waals surface area (Å²) in [4.78, 5) is 13.3. The molecular formula is C9H14N4O3. The molecule has 3 N–H and O–H groups in total. The molecule has 1 rings (SSSR count). The molecule has 1 aromatic heterocycles. The molecule has 7 heteroatoms. The van der Waals surface area contributed by atoms with Crippen LogP contribution < -0.4 is 5.73 Å². The molecular weight excluding hydrogens is 212 g/mol. The predicted octanol–water partition coefficient (Wildman–Crippen LogP) is 0.273. The summed E-state index contributed by atoms with van der Waals surface area (Å²) in [6.45, 7) is 2.73. The number of rotatable bonds is 5. The van der Waals surface area contributed by atoms with E-state index in [4.69, 9.17) is 10.9 Å². The van der Waals surface area contributed by atoms with Crippen molar-refractivity contribution in [3.63, 3.8) is 0 Å². The van der Waals surface area contributed by atoms with Gasteiger partial charge in [-0.25, -0.2) is 0 Å². The van der Waals surface area contributed by atoms with Gasteiger partial charge in [0, 0.05) is 25.6 Å². The van der Waals surface area contributed by atoms with Crippen LogP contribution in [-0.4, -0.2) is 40.1 Å². The number of nitrogens with zero attached hydrogens (tertiary/aromatic N) is 3. The second kappa shape index (κ2) is 5.74. The SMILES string of the molecule is CCN(CCC(N)=NO)C(=O)c1ccon1. The summed E-state index contributed by atoms with van der Waals surface area (Å²) in [7, 11) is 0. The Kier molecular flexibility index (Phi) is 4.31. The molecule has 0 aromatic carbocycles. The van der Waals surface area contributed by atoms with Crippen LogP contribution in [0.5, 0.6) is 0 Å². The molecule has 0 aliphatic carbocycles. The summed E-state index contributed by atoms with van der Waals surface area (Å²) in [5, 5.41) is 14.8. The molecule has 0 fully saturated rings. The van der Waals surface area contributed by atoms with Gasteiger partial charge in [-0.05, 0) is 6.92 Å². The highest BCUT2D eigenvalue weighted by Crippen LogP contribution is 2.02. The maximum absolute atomic E-state index is 11.8. The zero-order chi connectivity index (χ0) is 12.0. The third kappa shape index (κ3) is 2.97. The summed E-state index contributed by atoms with van der Waals surface area (Å²) >= 11 is 0. The van der Waals surface area contributed by atoms with Gasteiger partial charge in [-0.3, -0.25) is 4.79 Å². The summed E-state index contributed by atoms with van der Waals surface area (Å²) in [5.41, 5.74) is 5.57. The molecule has 0 saturated carbocycles. The molecule has 0 spiro atoms. The van der Waals surface area contributed by atoms with Gasteiger partial charge < -0.3 is 20.4 Å². The zero-order valence-electron chi connectivity index (χ0n) is 8.96. The van der Waals surface area contributed by atoms with Crippen molar-refractivity contribution in [2.75, 3.05) is 13.1 Å². The number of hydrogen-bond acceptors (Lipinski definition) is 5. The Bertz CT molecular complexity index is 361. The molecule has 1 heterocycles. The Balaban J connectivity index is 2.58. The number of amidine groups is 1. The topological polar surface area (TPSA) is 105 Å². The van der Waals surface area contributed by atoms with Gasteiger partial charge in [0.15, 0.2) is 5.69 Å². The fourth-order valence-electron chi connectivity index (χ4n) is 1.19. The minimum absolute atomic E-state index is 0.0893. The first-order valence-corrected chi connectivity index (χ1v) is 4.85. The predicted molar refractivity (Wildman–Crippen MR) is 56.1 cm³/mol. The van der Waals surface area contributed by atoms with Crippen molar-refractivity contribution >= 4 is 11.7 Å². The van der Waals surface area contributed by atoms with Crippen molar-refractivity contribution in [3.8, 4) is 0 Å². The van der Waals surface area contributed by atoms with Crippen LogP contribution in [0, 0.1) is 0 Å². The van der Waals surface area contributed by atoms with E-state index in [1.54, 1.807) is 0 Å². The smallest absolute Gasteiger partial charge is 0.276 e. The van der Waals surface area contributed by atoms with Crippen molar-refractivity contribution in [3.05, 3.63) is 18.0 Å². The number of amides is 1. The minimum Gasteiger partial charge on any atom is -0.409 e. The molecule has 7 nitrogen and oxygen atoms in total. The third-order valence-corrected chi connectivity index (χ3v) is 2.09. The van der Waals surface area contributed by atoms with Crippen LogP contribution in [0.3, 0.4) is 0 Å². The van der Waals surface area contributed by atoms with E-state index >= 15 is 0 Å². The first-order valence-electron chi connectivity index (χ1n) is 4.85. The van der Waals surface area contributed by atoms with Crippen LogP contribution in [0.25, 0.3) is 0 Å². The summed E-state index contributed by atoms with van der Waals surface area (Å²) in [5.74, 6) is -0.145. The lowest BCUT2D eigenvalue weighted by atomic mass is 10.3. The van der Waals surface area contributed by atoms with E-state index in [0.717, 1.165) is 0 Å². The van der Waals surface area contributed by atoms with E-state index in [0.29, 0.717) is 19.5 Å². The van der Waals surface area contributed by atoms with Crippen LogP contribution in [0.4, 0.5) is 0 Å². The van der Waals surface area contributed by atoms with Gasteiger partial charge in [0.2, 0.25) is 0 Å². The van der Waals surface area contributed by atoms with Crippen molar-refractivity contribution in [1.82, 2.24) is 10.1 Å². The Morgan fingerprint density at radius 2 is 2.50 bits per heavy atom. The van der Waals surface area contributed by atoms with Crippen molar-refractivity contribution in [1.29, 1.82) is 0 Å². The maximum atomic E-state index is 11.8. The Labute approximate surface area is 92.5 Å². The lowest BCUT2D eigenvalue weighted by Gasteiger charge is -2.18. The molecule has 0 saturated heterocycles. The van der Waals surface area contributed by atoms with Crippen LogP contribution in [-0.2, 0) is 0 Å². The van der Waals surface area contributed by atoms with Gasteiger partial charge in [0.25, 0.3) is 5.91 Å². The molecule has 1 amide bonds.